The predicted octanol–water partition coefficient (Wildman–Crippen LogP) is 4.59. The van der Waals surface area contributed by atoms with E-state index in [1.54, 1.807) is 23.5 Å². The van der Waals surface area contributed by atoms with Gasteiger partial charge in [-0.2, -0.15) is 0 Å². The smallest absolute Gasteiger partial charge is 0.262 e. The molecule has 0 fully saturated rings. The maximum atomic E-state index is 13.7. The molecule has 1 amide bonds. The van der Waals surface area contributed by atoms with Gasteiger partial charge in [-0.1, -0.05) is 12.1 Å². The van der Waals surface area contributed by atoms with E-state index < -0.39 is 0 Å². The third-order valence-electron chi connectivity index (χ3n) is 6.01. The lowest BCUT2D eigenvalue weighted by Crippen LogP contribution is -2.38. The SMILES string of the molecule is Cc1cncnc1-c1ccc2c(c1)CCC(c1cccnc1)N2C(=O)c1ccc(O)cc1O. The van der Waals surface area contributed by atoms with Crippen molar-refractivity contribution in [1.29, 1.82) is 0 Å². The number of aryl methyl sites for hydroxylation is 2. The van der Waals surface area contributed by atoms with Gasteiger partial charge in [-0.3, -0.25) is 9.78 Å². The molecule has 2 aromatic heterocycles. The molecular formula is C26H22N4O3. The lowest BCUT2D eigenvalue weighted by Gasteiger charge is -2.38. The van der Waals surface area contributed by atoms with Crippen molar-refractivity contribution in [2.24, 2.45) is 0 Å². The number of nitrogens with zero attached hydrogens (tertiary/aromatic N) is 4. The molecule has 2 aromatic carbocycles. The van der Waals surface area contributed by atoms with Gasteiger partial charge in [0, 0.05) is 35.9 Å². The van der Waals surface area contributed by atoms with Gasteiger partial charge in [0.2, 0.25) is 0 Å². The number of fused-ring (bicyclic) bond motifs is 1. The first-order valence-electron chi connectivity index (χ1n) is 10.7. The molecule has 1 unspecified atom stereocenters. The van der Waals surface area contributed by atoms with Crippen LogP contribution >= 0.6 is 0 Å². The summed E-state index contributed by atoms with van der Waals surface area (Å²) >= 11 is 0. The van der Waals surface area contributed by atoms with Gasteiger partial charge in [0.15, 0.2) is 0 Å². The highest BCUT2D eigenvalue weighted by molar-refractivity contribution is 6.09. The number of carbonyl (C=O) groups excluding carboxylic acids is 1. The first-order chi connectivity index (χ1) is 16.0. The van der Waals surface area contributed by atoms with Gasteiger partial charge < -0.3 is 15.1 Å². The van der Waals surface area contributed by atoms with Crippen LogP contribution in [-0.2, 0) is 6.42 Å². The number of carbonyl (C=O) groups is 1. The molecule has 7 nitrogen and oxygen atoms in total. The minimum atomic E-state index is -0.340. The normalized spacial score (nSPS) is 15.2. The van der Waals surface area contributed by atoms with E-state index in [2.05, 4.69) is 21.0 Å². The van der Waals surface area contributed by atoms with Gasteiger partial charge in [0.1, 0.15) is 17.8 Å². The lowest BCUT2D eigenvalue weighted by atomic mass is 9.89. The number of aromatic hydroxyl groups is 2. The molecule has 0 radical (unpaired) electrons. The quantitative estimate of drug-likeness (QED) is 0.485. The van der Waals surface area contributed by atoms with Crippen LogP contribution in [0.4, 0.5) is 5.69 Å². The van der Waals surface area contributed by atoms with Crippen LogP contribution in [0.25, 0.3) is 11.3 Å². The van der Waals surface area contributed by atoms with Gasteiger partial charge in [0.25, 0.3) is 5.91 Å². The number of benzene rings is 2. The number of anilines is 1. The molecule has 164 valence electrons. The molecular weight excluding hydrogens is 416 g/mol. The molecule has 3 heterocycles. The van der Waals surface area contributed by atoms with Gasteiger partial charge in [-0.25, -0.2) is 9.97 Å². The van der Waals surface area contributed by atoms with Crippen molar-refractivity contribution in [3.05, 3.63) is 95.7 Å². The topological polar surface area (TPSA) is 99.4 Å². The van der Waals surface area contributed by atoms with Gasteiger partial charge >= 0.3 is 0 Å². The van der Waals surface area contributed by atoms with E-state index in [4.69, 9.17) is 0 Å². The lowest BCUT2D eigenvalue weighted by molar-refractivity contribution is 0.0970. The summed E-state index contributed by atoms with van der Waals surface area (Å²) in [6.45, 7) is 1.97. The first-order valence-corrected chi connectivity index (χ1v) is 10.7. The Morgan fingerprint density at radius 3 is 2.70 bits per heavy atom. The molecule has 0 aliphatic carbocycles. The van der Waals surface area contributed by atoms with Crippen LogP contribution in [0.2, 0.25) is 0 Å². The van der Waals surface area contributed by atoms with Crippen molar-refractivity contribution < 1.29 is 15.0 Å². The minimum absolute atomic E-state index is 0.100. The van der Waals surface area contributed by atoms with Crippen molar-refractivity contribution in [1.82, 2.24) is 15.0 Å². The maximum absolute atomic E-state index is 13.7. The van der Waals surface area contributed by atoms with Crippen molar-refractivity contribution in [2.75, 3.05) is 4.90 Å². The van der Waals surface area contributed by atoms with Crippen LogP contribution in [0.1, 0.15) is 39.5 Å². The Kier molecular flexibility index (Phi) is 5.22. The molecule has 7 heteroatoms. The highest BCUT2D eigenvalue weighted by Gasteiger charge is 2.34. The fourth-order valence-corrected chi connectivity index (χ4v) is 4.43. The number of phenols is 2. The number of aromatic nitrogens is 3. The van der Waals surface area contributed by atoms with E-state index in [1.165, 1.54) is 24.5 Å². The van der Waals surface area contributed by atoms with E-state index in [0.717, 1.165) is 40.1 Å². The predicted molar refractivity (Wildman–Crippen MR) is 124 cm³/mol. The maximum Gasteiger partial charge on any atom is 0.262 e. The Hall–Kier alpha value is -4.26. The zero-order valence-corrected chi connectivity index (χ0v) is 18.0. The van der Waals surface area contributed by atoms with Crippen LogP contribution < -0.4 is 4.90 Å². The summed E-state index contributed by atoms with van der Waals surface area (Å²) in [7, 11) is 0. The average molecular weight is 438 g/mol. The van der Waals surface area contributed by atoms with Gasteiger partial charge in [-0.15, -0.1) is 0 Å². The summed E-state index contributed by atoms with van der Waals surface area (Å²) < 4.78 is 0. The van der Waals surface area contributed by atoms with Crippen LogP contribution in [0, 0.1) is 6.92 Å². The van der Waals surface area contributed by atoms with Crippen LogP contribution in [0.3, 0.4) is 0 Å². The Balaban J connectivity index is 1.63. The molecule has 0 bridgehead atoms. The second-order valence-corrected chi connectivity index (χ2v) is 8.12. The monoisotopic (exact) mass is 438 g/mol. The molecule has 2 N–H and O–H groups in total. The summed E-state index contributed by atoms with van der Waals surface area (Å²) in [6, 6.07) is 13.6. The molecule has 1 aliphatic rings. The summed E-state index contributed by atoms with van der Waals surface area (Å²) in [6.07, 6.45) is 8.26. The van der Waals surface area contributed by atoms with Crippen molar-refractivity contribution in [2.45, 2.75) is 25.8 Å². The Morgan fingerprint density at radius 1 is 1.06 bits per heavy atom. The first kappa shape index (κ1) is 20.6. The number of phenolic OH excluding ortho intramolecular Hbond substituents is 2. The summed E-state index contributed by atoms with van der Waals surface area (Å²) in [5.74, 6) is -0.699. The molecule has 0 saturated carbocycles. The average Bonchev–Trinajstić information content (AvgIpc) is 2.83. The standard InChI is InChI=1S/C26H22N4O3/c1-16-13-28-15-29-25(16)18-5-9-22-17(11-18)4-8-23(19-3-2-10-27-14-19)30(22)26(33)21-7-6-20(31)12-24(21)32/h2-3,5-7,9-15,23,31-32H,4,8H2,1H3. The van der Waals surface area contributed by atoms with Gasteiger partial charge in [-0.05, 0) is 66.8 Å². The molecule has 33 heavy (non-hydrogen) atoms. The summed E-state index contributed by atoms with van der Waals surface area (Å²) in [5.41, 5.74) is 5.66. The largest absolute Gasteiger partial charge is 0.508 e. The molecule has 1 atom stereocenters. The summed E-state index contributed by atoms with van der Waals surface area (Å²) in [4.78, 5) is 28.2. The van der Waals surface area contributed by atoms with E-state index in [0.29, 0.717) is 6.42 Å². The second-order valence-electron chi connectivity index (χ2n) is 8.12. The number of hydrogen-bond donors (Lipinski definition) is 2. The van der Waals surface area contributed by atoms with Crippen LogP contribution in [0.15, 0.2) is 73.4 Å². The minimum Gasteiger partial charge on any atom is -0.508 e. The fourth-order valence-electron chi connectivity index (χ4n) is 4.43. The van der Waals surface area contributed by atoms with Crippen molar-refractivity contribution >= 4 is 11.6 Å². The Morgan fingerprint density at radius 2 is 1.94 bits per heavy atom. The molecule has 4 aromatic rings. The fraction of sp³-hybridized carbons (Fsp3) is 0.154. The molecule has 0 spiro atoms. The Bertz CT molecular complexity index is 1340. The van der Waals surface area contributed by atoms with Gasteiger partial charge in [0.05, 0.1) is 17.3 Å². The molecule has 5 rings (SSSR count). The van der Waals surface area contributed by atoms with E-state index in [-0.39, 0.29) is 29.0 Å². The van der Waals surface area contributed by atoms with E-state index in [9.17, 15) is 15.0 Å². The van der Waals surface area contributed by atoms with E-state index >= 15 is 0 Å². The third kappa shape index (κ3) is 3.78. The van der Waals surface area contributed by atoms with Crippen molar-refractivity contribution in [3.63, 3.8) is 0 Å². The Labute approximate surface area is 191 Å². The van der Waals surface area contributed by atoms with Crippen LogP contribution in [0.5, 0.6) is 11.5 Å². The zero-order chi connectivity index (χ0) is 22.9. The highest BCUT2D eigenvalue weighted by Crippen LogP contribution is 2.42. The summed E-state index contributed by atoms with van der Waals surface area (Å²) in [5, 5.41) is 20.1. The van der Waals surface area contributed by atoms with Crippen molar-refractivity contribution in [3.8, 4) is 22.8 Å². The van der Waals surface area contributed by atoms with Crippen LogP contribution in [-0.4, -0.2) is 31.1 Å². The number of amides is 1. The second kappa shape index (κ2) is 8.35. The number of rotatable bonds is 3. The number of hydrogen-bond acceptors (Lipinski definition) is 6. The highest BCUT2D eigenvalue weighted by atomic mass is 16.3. The molecule has 0 saturated heterocycles. The third-order valence-corrected chi connectivity index (χ3v) is 6.01. The van der Waals surface area contributed by atoms with E-state index in [1.807, 2.05) is 31.2 Å². The molecule has 1 aliphatic heterocycles. The zero-order valence-electron chi connectivity index (χ0n) is 18.0. The number of pyridine rings is 1.